The van der Waals surface area contributed by atoms with Crippen molar-refractivity contribution in [2.24, 2.45) is 7.05 Å². The van der Waals surface area contributed by atoms with Crippen molar-refractivity contribution >= 4 is 11.6 Å². The number of nitrogens with one attached hydrogen (secondary N) is 2. The molecule has 2 N–H and O–H groups in total. The van der Waals surface area contributed by atoms with Crippen LogP contribution in [0.25, 0.3) is 0 Å². The molecule has 0 atom stereocenters. The van der Waals surface area contributed by atoms with Crippen LogP contribution in [-0.2, 0) is 13.5 Å². The van der Waals surface area contributed by atoms with E-state index in [4.69, 9.17) is 0 Å². The third-order valence-electron chi connectivity index (χ3n) is 3.04. The molecule has 0 spiro atoms. The minimum Gasteiger partial charge on any atom is -0.370 e. The standard InChI is InChI=1S/C14H22N6/c1-5-15-13-10(2)14(18-11(3)17-13)16-8-6-12-7-9-20(4)19-12/h7,9H,5-6,8H2,1-4H3,(H2,15,16,17,18). The highest BCUT2D eigenvalue weighted by Crippen LogP contribution is 2.19. The number of aryl methyl sites for hydroxylation is 2. The highest BCUT2D eigenvalue weighted by molar-refractivity contribution is 5.57. The smallest absolute Gasteiger partial charge is 0.134 e. The molecule has 6 nitrogen and oxygen atoms in total. The van der Waals surface area contributed by atoms with Crippen LogP contribution in [0.5, 0.6) is 0 Å². The fourth-order valence-electron chi connectivity index (χ4n) is 2.05. The summed E-state index contributed by atoms with van der Waals surface area (Å²) in [5.74, 6) is 2.57. The second-order valence-corrected chi connectivity index (χ2v) is 4.78. The number of nitrogens with zero attached hydrogens (tertiary/aromatic N) is 4. The van der Waals surface area contributed by atoms with Gasteiger partial charge in [0.05, 0.1) is 5.69 Å². The van der Waals surface area contributed by atoms with Crippen molar-refractivity contribution in [3.05, 3.63) is 29.3 Å². The quantitative estimate of drug-likeness (QED) is 0.842. The van der Waals surface area contributed by atoms with Crippen molar-refractivity contribution in [3.63, 3.8) is 0 Å². The van der Waals surface area contributed by atoms with Crippen molar-refractivity contribution < 1.29 is 0 Å². The van der Waals surface area contributed by atoms with Gasteiger partial charge in [0.15, 0.2) is 0 Å². The molecule has 0 aliphatic heterocycles. The van der Waals surface area contributed by atoms with Crippen LogP contribution in [0, 0.1) is 13.8 Å². The molecule has 0 aromatic carbocycles. The lowest BCUT2D eigenvalue weighted by Gasteiger charge is -2.13. The molecule has 0 radical (unpaired) electrons. The van der Waals surface area contributed by atoms with E-state index in [1.165, 1.54) is 0 Å². The van der Waals surface area contributed by atoms with Gasteiger partial charge in [-0.05, 0) is 26.8 Å². The maximum Gasteiger partial charge on any atom is 0.134 e. The average Bonchev–Trinajstić information content (AvgIpc) is 2.81. The van der Waals surface area contributed by atoms with E-state index in [1.54, 1.807) is 0 Å². The van der Waals surface area contributed by atoms with E-state index in [2.05, 4.69) is 32.6 Å². The molecule has 0 aliphatic rings. The molecule has 0 fully saturated rings. The maximum absolute atomic E-state index is 4.46. The van der Waals surface area contributed by atoms with Crippen molar-refractivity contribution in [1.82, 2.24) is 19.7 Å². The summed E-state index contributed by atoms with van der Waals surface area (Å²) < 4.78 is 1.82. The molecule has 0 saturated carbocycles. The van der Waals surface area contributed by atoms with Crippen LogP contribution < -0.4 is 10.6 Å². The fourth-order valence-corrected chi connectivity index (χ4v) is 2.05. The van der Waals surface area contributed by atoms with Crippen LogP contribution in [0.1, 0.15) is 24.0 Å². The first kappa shape index (κ1) is 14.3. The topological polar surface area (TPSA) is 67.7 Å². The van der Waals surface area contributed by atoms with Gasteiger partial charge < -0.3 is 10.6 Å². The lowest BCUT2D eigenvalue weighted by Crippen LogP contribution is -2.12. The van der Waals surface area contributed by atoms with Gasteiger partial charge in [-0.3, -0.25) is 4.68 Å². The van der Waals surface area contributed by atoms with Gasteiger partial charge in [-0.15, -0.1) is 0 Å². The van der Waals surface area contributed by atoms with Gasteiger partial charge >= 0.3 is 0 Å². The molecule has 108 valence electrons. The molecule has 2 aromatic rings. The minimum absolute atomic E-state index is 0.770. The molecule has 0 aliphatic carbocycles. The Hall–Kier alpha value is -2.11. The molecule has 2 rings (SSSR count). The Morgan fingerprint density at radius 1 is 1.15 bits per heavy atom. The second kappa shape index (κ2) is 6.36. The van der Waals surface area contributed by atoms with Gasteiger partial charge in [0.1, 0.15) is 17.5 Å². The summed E-state index contributed by atoms with van der Waals surface area (Å²) in [6.45, 7) is 7.65. The Labute approximate surface area is 119 Å². The van der Waals surface area contributed by atoms with E-state index in [0.717, 1.165) is 48.2 Å². The Balaban J connectivity index is 2.01. The van der Waals surface area contributed by atoms with Crippen LogP contribution in [0.15, 0.2) is 12.3 Å². The first-order valence-electron chi connectivity index (χ1n) is 6.91. The predicted molar refractivity (Wildman–Crippen MR) is 81.1 cm³/mol. The third-order valence-corrected chi connectivity index (χ3v) is 3.04. The van der Waals surface area contributed by atoms with Crippen molar-refractivity contribution in [2.45, 2.75) is 27.2 Å². The maximum atomic E-state index is 4.46. The van der Waals surface area contributed by atoms with E-state index in [-0.39, 0.29) is 0 Å². The van der Waals surface area contributed by atoms with E-state index < -0.39 is 0 Å². The van der Waals surface area contributed by atoms with Crippen LogP contribution in [0.2, 0.25) is 0 Å². The minimum atomic E-state index is 0.770. The van der Waals surface area contributed by atoms with E-state index in [1.807, 2.05) is 37.8 Å². The summed E-state index contributed by atoms with van der Waals surface area (Å²) in [7, 11) is 1.93. The summed E-state index contributed by atoms with van der Waals surface area (Å²) in [5, 5.41) is 11.0. The summed E-state index contributed by atoms with van der Waals surface area (Å²) in [4.78, 5) is 8.88. The van der Waals surface area contributed by atoms with Gasteiger partial charge in [-0.1, -0.05) is 0 Å². The lowest BCUT2D eigenvalue weighted by molar-refractivity contribution is 0.741. The Morgan fingerprint density at radius 3 is 2.45 bits per heavy atom. The van der Waals surface area contributed by atoms with Gasteiger partial charge in [0, 0.05) is 38.3 Å². The number of aromatic nitrogens is 4. The third kappa shape index (κ3) is 3.46. The fraction of sp³-hybridized carbons (Fsp3) is 0.500. The number of rotatable bonds is 6. The average molecular weight is 274 g/mol. The monoisotopic (exact) mass is 274 g/mol. The zero-order valence-electron chi connectivity index (χ0n) is 12.6. The molecule has 0 unspecified atom stereocenters. The summed E-state index contributed by atoms with van der Waals surface area (Å²) in [6, 6.07) is 2.03. The Kier molecular flexibility index (Phi) is 4.55. The van der Waals surface area contributed by atoms with Crippen molar-refractivity contribution in [2.75, 3.05) is 23.7 Å². The first-order chi connectivity index (χ1) is 9.60. The summed E-state index contributed by atoms with van der Waals surface area (Å²) >= 11 is 0. The Morgan fingerprint density at radius 2 is 1.85 bits per heavy atom. The number of hydrogen-bond donors (Lipinski definition) is 2. The molecule has 0 bridgehead atoms. The molecular weight excluding hydrogens is 252 g/mol. The SMILES string of the molecule is CCNc1nc(C)nc(NCCc2ccn(C)n2)c1C. The second-order valence-electron chi connectivity index (χ2n) is 4.78. The van der Waals surface area contributed by atoms with Crippen LogP contribution in [0.4, 0.5) is 11.6 Å². The van der Waals surface area contributed by atoms with Gasteiger partial charge in [0.2, 0.25) is 0 Å². The summed E-state index contributed by atoms with van der Waals surface area (Å²) in [6.07, 6.45) is 2.83. The van der Waals surface area contributed by atoms with E-state index in [0.29, 0.717) is 0 Å². The first-order valence-corrected chi connectivity index (χ1v) is 6.91. The number of hydrogen-bond acceptors (Lipinski definition) is 5. The number of anilines is 2. The molecule has 2 heterocycles. The predicted octanol–water partition coefficient (Wildman–Crippen LogP) is 1.91. The lowest BCUT2D eigenvalue weighted by atomic mass is 10.2. The van der Waals surface area contributed by atoms with Crippen molar-refractivity contribution in [1.29, 1.82) is 0 Å². The highest BCUT2D eigenvalue weighted by Gasteiger charge is 2.08. The molecule has 6 heteroatoms. The molecule has 0 saturated heterocycles. The van der Waals surface area contributed by atoms with E-state index >= 15 is 0 Å². The molecule has 2 aromatic heterocycles. The van der Waals surface area contributed by atoms with E-state index in [9.17, 15) is 0 Å². The molecule has 0 amide bonds. The largest absolute Gasteiger partial charge is 0.370 e. The summed E-state index contributed by atoms with van der Waals surface area (Å²) in [5.41, 5.74) is 2.13. The highest BCUT2D eigenvalue weighted by atomic mass is 15.2. The van der Waals surface area contributed by atoms with Gasteiger partial charge in [-0.2, -0.15) is 5.10 Å². The van der Waals surface area contributed by atoms with Crippen LogP contribution in [0.3, 0.4) is 0 Å². The normalized spacial score (nSPS) is 10.6. The zero-order valence-corrected chi connectivity index (χ0v) is 12.6. The van der Waals surface area contributed by atoms with Gasteiger partial charge in [-0.25, -0.2) is 9.97 Å². The molecular formula is C14H22N6. The van der Waals surface area contributed by atoms with Crippen LogP contribution in [-0.4, -0.2) is 32.8 Å². The van der Waals surface area contributed by atoms with Crippen LogP contribution >= 0.6 is 0 Å². The van der Waals surface area contributed by atoms with Crippen molar-refractivity contribution in [3.8, 4) is 0 Å². The Bertz CT molecular complexity index is 575. The zero-order chi connectivity index (χ0) is 14.5. The van der Waals surface area contributed by atoms with Gasteiger partial charge in [0.25, 0.3) is 0 Å². The molecule has 20 heavy (non-hydrogen) atoms.